The minimum Gasteiger partial charge on any atom is -0.468 e. The molecule has 2 rings (SSSR count). The van der Waals surface area contributed by atoms with Crippen molar-refractivity contribution in [2.24, 2.45) is 11.8 Å². The molecule has 20 heavy (non-hydrogen) atoms. The molecule has 4 nitrogen and oxygen atoms in total. The number of ether oxygens (including phenoxy) is 1. The van der Waals surface area contributed by atoms with Crippen molar-refractivity contribution in [2.75, 3.05) is 13.7 Å². The summed E-state index contributed by atoms with van der Waals surface area (Å²) >= 11 is 0. The van der Waals surface area contributed by atoms with Crippen molar-refractivity contribution in [1.29, 1.82) is 0 Å². The van der Waals surface area contributed by atoms with Gasteiger partial charge in [-0.25, -0.2) is 0 Å². The van der Waals surface area contributed by atoms with Crippen LogP contribution in [-0.2, 0) is 9.53 Å². The standard InChI is InChI=1S/C16H30N2O2/c1-11(2)10-15(16(19)20-3)18-14-7-4-6-12(14)13-8-5-9-17-13/h11-15,17-18H,4-10H2,1-3H3. The molecular formula is C16H30N2O2. The Morgan fingerprint density at radius 2 is 2.10 bits per heavy atom. The Morgan fingerprint density at radius 3 is 2.70 bits per heavy atom. The molecule has 2 N–H and O–H groups in total. The van der Waals surface area contributed by atoms with Gasteiger partial charge in [0.1, 0.15) is 6.04 Å². The van der Waals surface area contributed by atoms with E-state index in [0.717, 1.165) is 13.0 Å². The Bertz CT molecular complexity index is 314. The van der Waals surface area contributed by atoms with Crippen LogP contribution in [0.3, 0.4) is 0 Å². The predicted octanol–water partition coefficient (Wildman–Crippen LogP) is 2.08. The third-order valence-corrected chi connectivity index (χ3v) is 4.79. The first-order valence-corrected chi connectivity index (χ1v) is 8.19. The number of hydrogen-bond acceptors (Lipinski definition) is 4. The lowest BCUT2D eigenvalue weighted by Crippen LogP contribution is -2.49. The van der Waals surface area contributed by atoms with Crippen LogP contribution in [0.1, 0.15) is 52.4 Å². The first-order chi connectivity index (χ1) is 9.61. The molecule has 1 aliphatic heterocycles. The van der Waals surface area contributed by atoms with Crippen LogP contribution in [0.25, 0.3) is 0 Å². The largest absolute Gasteiger partial charge is 0.468 e. The maximum atomic E-state index is 12.0. The first kappa shape index (κ1) is 15.8. The normalized spacial score (nSPS) is 31.7. The van der Waals surface area contributed by atoms with Gasteiger partial charge in [-0.1, -0.05) is 20.3 Å². The molecule has 0 aromatic rings. The summed E-state index contributed by atoms with van der Waals surface area (Å²) in [6.07, 6.45) is 7.18. The molecule has 0 aromatic heterocycles. The highest BCUT2D eigenvalue weighted by molar-refractivity contribution is 5.75. The van der Waals surface area contributed by atoms with E-state index >= 15 is 0 Å². The summed E-state index contributed by atoms with van der Waals surface area (Å²) in [5.74, 6) is 1.07. The summed E-state index contributed by atoms with van der Waals surface area (Å²) in [6.45, 7) is 5.46. The zero-order chi connectivity index (χ0) is 14.5. The van der Waals surface area contributed by atoms with E-state index in [4.69, 9.17) is 4.74 Å². The van der Waals surface area contributed by atoms with Crippen molar-refractivity contribution in [1.82, 2.24) is 10.6 Å². The maximum Gasteiger partial charge on any atom is 0.322 e. The molecule has 1 aliphatic carbocycles. The quantitative estimate of drug-likeness (QED) is 0.732. The van der Waals surface area contributed by atoms with Gasteiger partial charge in [0, 0.05) is 12.1 Å². The Labute approximate surface area is 123 Å². The van der Waals surface area contributed by atoms with Crippen LogP contribution in [-0.4, -0.2) is 37.7 Å². The second-order valence-electron chi connectivity index (χ2n) is 6.78. The van der Waals surface area contributed by atoms with Crippen molar-refractivity contribution >= 4 is 5.97 Å². The lowest BCUT2D eigenvalue weighted by molar-refractivity contribution is -0.143. The second kappa shape index (κ2) is 7.41. The number of hydrogen-bond donors (Lipinski definition) is 2. The van der Waals surface area contributed by atoms with Gasteiger partial charge in [-0.05, 0) is 50.5 Å². The van der Waals surface area contributed by atoms with Crippen LogP contribution in [0.4, 0.5) is 0 Å². The van der Waals surface area contributed by atoms with E-state index in [1.54, 1.807) is 0 Å². The van der Waals surface area contributed by atoms with Gasteiger partial charge in [0.2, 0.25) is 0 Å². The number of rotatable bonds is 6. The molecule has 0 aromatic carbocycles. The Balaban J connectivity index is 1.95. The first-order valence-electron chi connectivity index (χ1n) is 8.19. The van der Waals surface area contributed by atoms with Gasteiger partial charge in [0.05, 0.1) is 7.11 Å². The van der Waals surface area contributed by atoms with Crippen LogP contribution in [0, 0.1) is 11.8 Å². The molecule has 1 saturated heterocycles. The average Bonchev–Trinajstić information content (AvgIpc) is 3.06. The fourth-order valence-electron chi connectivity index (χ4n) is 3.86. The summed E-state index contributed by atoms with van der Waals surface area (Å²) in [5, 5.41) is 7.24. The van der Waals surface area contributed by atoms with E-state index in [9.17, 15) is 4.79 Å². The highest BCUT2D eigenvalue weighted by Crippen LogP contribution is 2.32. The topological polar surface area (TPSA) is 50.4 Å². The Morgan fingerprint density at radius 1 is 1.30 bits per heavy atom. The van der Waals surface area contributed by atoms with Gasteiger partial charge >= 0.3 is 5.97 Å². The molecule has 4 atom stereocenters. The summed E-state index contributed by atoms with van der Waals surface area (Å²) in [5.41, 5.74) is 0. The molecule has 0 spiro atoms. The maximum absolute atomic E-state index is 12.0. The van der Waals surface area contributed by atoms with Crippen LogP contribution >= 0.6 is 0 Å². The van der Waals surface area contributed by atoms with Crippen molar-refractivity contribution < 1.29 is 9.53 Å². The molecule has 1 saturated carbocycles. The summed E-state index contributed by atoms with van der Waals surface area (Å²) in [7, 11) is 1.49. The molecule has 0 bridgehead atoms. The molecule has 4 heteroatoms. The fourth-order valence-corrected chi connectivity index (χ4v) is 3.86. The summed E-state index contributed by atoms with van der Waals surface area (Å²) in [6, 6.07) is 0.966. The number of carbonyl (C=O) groups excluding carboxylic acids is 1. The minimum atomic E-state index is -0.146. The molecule has 2 fully saturated rings. The zero-order valence-corrected chi connectivity index (χ0v) is 13.2. The van der Waals surface area contributed by atoms with E-state index in [0.29, 0.717) is 23.9 Å². The number of nitrogens with one attached hydrogen (secondary N) is 2. The lowest BCUT2D eigenvalue weighted by Gasteiger charge is -2.30. The van der Waals surface area contributed by atoms with Crippen molar-refractivity contribution in [3.8, 4) is 0 Å². The minimum absolute atomic E-state index is 0.108. The monoisotopic (exact) mass is 282 g/mol. The van der Waals surface area contributed by atoms with Crippen LogP contribution < -0.4 is 10.6 Å². The highest BCUT2D eigenvalue weighted by atomic mass is 16.5. The van der Waals surface area contributed by atoms with E-state index in [1.807, 2.05) is 0 Å². The smallest absolute Gasteiger partial charge is 0.322 e. The van der Waals surface area contributed by atoms with E-state index in [-0.39, 0.29) is 12.0 Å². The van der Waals surface area contributed by atoms with Gasteiger partial charge in [0.25, 0.3) is 0 Å². The molecule has 0 radical (unpaired) electrons. The van der Waals surface area contributed by atoms with Gasteiger partial charge in [-0.15, -0.1) is 0 Å². The summed E-state index contributed by atoms with van der Waals surface area (Å²) in [4.78, 5) is 12.0. The average molecular weight is 282 g/mol. The number of carbonyl (C=O) groups is 1. The van der Waals surface area contributed by atoms with Crippen LogP contribution in [0.5, 0.6) is 0 Å². The molecule has 4 unspecified atom stereocenters. The van der Waals surface area contributed by atoms with Crippen LogP contribution in [0.15, 0.2) is 0 Å². The highest BCUT2D eigenvalue weighted by Gasteiger charge is 2.37. The summed E-state index contributed by atoms with van der Waals surface area (Å²) < 4.78 is 4.97. The van der Waals surface area contributed by atoms with Gasteiger partial charge < -0.3 is 15.4 Å². The van der Waals surface area contributed by atoms with Crippen molar-refractivity contribution in [3.05, 3.63) is 0 Å². The van der Waals surface area contributed by atoms with Gasteiger partial charge in [0.15, 0.2) is 0 Å². The number of esters is 1. The third kappa shape index (κ3) is 3.95. The third-order valence-electron chi connectivity index (χ3n) is 4.79. The molecule has 2 aliphatic rings. The SMILES string of the molecule is COC(=O)C(CC(C)C)NC1CCCC1C1CCCN1. The molecular weight excluding hydrogens is 252 g/mol. The number of methoxy groups -OCH3 is 1. The predicted molar refractivity (Wildman–Crippen MR) is 80.5 cm³/mol. The lowest BCUT2D eigenvalue weighted by atomic mass is 9.92. The van der Waals surface area contributed by atoms with Gasteiger partial charge in [-0.2, -0.15) is 0 Å². The van der Waals surface area contributed by atoms with Gasteiger partial charge in [-0.3, -0.25) is 4.79 Å². The Hall–Kier alpha value is -0.610. The Kier molecular flexibility index (Phi) is 5.85. The van der Waals surface area contributed by atoms with Crippen molar-refractivity contribution in [2.45, 2.75) is 70.5 Å². The molecule has 1 heterocycles. The molecule has 0 amide bonds. The zero-order valence-electron chi connectivity index (χ0n) is 13.2. The fraction of sp³-hybridized carbons (Fsp3) is 0.938. The molecule has 116 valence electrons. The van der Waals surface area contributed by atoms with Crippen molar-refractivity contribution in [3.63, 3.8) is 0 Å². The second-order valence-corrected chi connectivity index (χ2v) is 6.78. The van der Waals surface area contributed by atoms with E-state index < -0.39 is 0 Å². The van der Waals surface area contributed by atoms with Crippen LogP contribution in [0.2, 0.25) is 0 Å². The van der Waals surface area contributed by atoms with E-state index in [1.165, 1.54) is 39.2 Å². The van der Waals surface area contributed by atoms with E-state index in [2.05, 4.69) is 24.5 Å².